The van der Waals surface area contributed by atoms with Crippen molar-refractivity contribution in [2.75, 3.05) is 6.61 Å². The maximum atomic E-state index is 12.4. The summed E-state index contributed by atoms with van der Waals surface area (Å²) in [6.45, 7) is 2.04. The number of hydrogen-bond acceptors (Lipinski definition) is 3. The Morgan fingerprint density at radius 3 is 2.45 bits per heavy atom. The second-order valence-electron chi connectivity index (χ2n) is 4.28. The summed E-state index contributed by atoms with van der Waals surface area (Å²) in [5.41, 5.74) is 1.31. The molecule has 0 aliphatic carbocycles. The van der Waals surface area contributed by atoms with Gasteiger partial charge in [0.1, 0.15) is 0 Å². The van der Waals surface area contributed by atoms with Crippen molar-refractivity contribution in [3.8, 4) is 0 Å². The van der Waals surface area contributed by atoms with Crippen LogP contribution in [0.2, 0.25) is 5.02 Å². The standard InChI is InChI=1S/C15H14ClNO3/c1-3-20-15(19)11-8-13(17(2)9-11)14(18)10-4-6-12(16)7-5-10/h4-9H,3H2,1-2H3. The summed E-state index contributed by atoms with van der Waals surface area (Å²) in [7, 11) is 1.71. The zero-order valence-corrected chi connectivity index (χ0v) is 12.0. The Balaban J connectivity index is 2.31. The first-order chi connectivity index (χ1) is 9.52. The van der Waals surface area contributed by atoms with E-state index in [-0.39, 0.29) is 5.78 Å². The van der Waals surface area contributed by atoms with E-state index in [0.717, 1.165) is 0 Å². The van der Waals surface area contributed by atoms with Gasteiger partial charge in [0.25, 0.3) is 0 Å². The number of benzene rings is 1. The number of rotatable bonds is 4. The second-order valence-corrected chi connectivity index (χ2v) is 4.72. The molecule has 0 saturated heterocycles. The van der Waals surface area contributed by atoms with Gasteiger partial charge in [0.05, 0.1) is 17.9 Å². The molecule has 0 aliphatic rings. The van der Waals surface area contributed by atoms with Crippen molar-refractivity contribution in [1.82, 2.24) is 4.57 Å². The zero-order valence-electron chi connectivity index (χ0n) is 11.2. The molecule has 2 rings (SSSR count). The van der Waals surface area contributed by atoms with Crippen LogP contribution in [0, 0.1) is 0 Å². The highest BCUT2D eigenvalue weighted by molar-refractivity contribution is 6.30. The average molecular weight is 292 g/mol. The van der Waals surface area contributed by atoms with Crippen LogP contribution in [0.4, 0.5) is 0 Å². The molecule has 0 saturated carbocycles. The minimum absolute atomic E-state index is 0.167. The van der Waals surface area contributed by atoms with Gasteiger partial charge in [0, 0.05) is 23.8 Å². The number of ketones is 1. The SMILES string of the molecule is CCOC(=O)c1cc(C(=O)c2ccc(Cl)cc2)n(C)c1. The molecule has 0 spiro atoms. The molecule has 0 amide bonds. The Hall–Kier alpha value is -2.07. The molecule has 20 heavy (non-hydrogen) atoms. The summed E-state index contributed by atoms with van der Waals surface area (Å²) in [4.78, 5) is 24.0. The van der Waals surface area contributed by atoms with E-state index in [1.807, 2.05) is 0 Å². The first kappa shape index (κ1) is 14.3. The summed E-state index contributed by atoms with van der Waals surface area (Å²) in [5, 5.41) is 0.570. The number of halogens is 1. The van der Waals surface area contributed by atoms with E-state index in [4.69, 9.17) is 16.3 Å². The van der Waals surface area contributed by atoms with Gasteiger partial charge in [-0.3, -0.25) is 4.79 Å². The maximum absolute atomic E-state index is 12.4. The number of aromatic nitrogens is 1. The molecule has 1 aromatic carbocycles. The average Bonchev–Trinajstić information content (AvgIpc) is 2.81. The van der Waals surface area contributed by atoms with Gasteiger partial charge < -0.3 is 9.30 Å². The van der Waals surface area contributed by atoms with Crippen LogP contribution in [0.3, 0.4) is 0 Å². The molecule has 0 unspecified atom stereocenters. The van der Waals surface area contributed by atoms with Gasteiger partial charge in [-0.05, 0) is 37.3 Å². The smallest absolute Gasteiger partial charge is 0.339 e. The Labute approximate surface area is 121 Å². The van der Waals surface area contributed by atoms with Gasteiger partial charge in [-0.2, -0.15) is 0 Å². The molecular formula is C15H14ClNO3. The summed E-state index contributed by atoms with van der Waals surface area (Å²) >= 11 is 5.80. The van der Waals surface area contributed by atoms with E-state index >= 15 is 0 Å². The van der Waals surface area contributed by atoms with Crippen molar-refractivity contribution in [3.05, 3.63) is 58.4 Å². The minimum Gasteiger partial charge on any atom is -0.462 e. The van der Waals surface area contributed by atoms with Crippen molar-refractivity contribution in [3.63, 3.8) is 0 Å². The Bertz CT molecular complexity index is 644. The van der Waals surface area contributed by atoms with Gasteiger partial charge in [-0.1, -0.05) is 11.6 Å². The third kappa shape index (κ3) is 2.91. The van der Waals surface area contributed by atoms with Crippen LogP contribution in [-0.4, -0.2) is 22.9 Å². The Morgan fingerprint density at radius 2 is 1.85 bits per heavy atom. The lowest BCUT2D eigenvalue weighted by Crippen LogP contribution is -2.06. The van der Waals surface area contributed by atoms with Gasteiger partial charge in [0.2, 0.25) is 5.78 Å². The molecule has 1 heterocycles. The molecule has 5 heteroatoms. The number of aryl methyl sites for hydroxylation is 1. The molecule has 0 N–H and O–H groups in total. The number of carbonyl (C=O) groups is 2. The van der Waals surface area contributed by atoms with E-state index in [9.17, 15) is 9.59 Å². The highest BCUT2D eigenvalue weighted by Crippen LogP contribution is 2.16. The molecule has 0 radical (unpaired) electrons. The van der Waals surface area contributed by atoms with Crippen molar-refractivity contribution in [2.24, 2.45) is 7.05 Å². The summed E-state index contributed by atoms with van der Waals surface area (Å²) in [5.74, 6) is -0.599. The third-order valence-corrected chi connectivity index (χ3v) is 3.11. The van der Waals surface area contributed by atoms with Gasteiger partial charge in [-0.15, -0.1) is 0 Å². The van der Waals surface area contributed by atoms with E-state index in [1.165, 1.54) is 6.07 Å². The van der Waals surface area contributed by atoms with Crippen molar-refractivity contribution < 1.29 is 14.3 Å². The first-order valence-electron chi connectivity index (χ1n) is 6.16. The maximum Gasteiger partial charge on any atom is 0.339 e. The predicted octanol–water partition coefficient (Wildman–Crippen LogP) is 3.09. The molecule has 104 valence electrons. The van der Waals surface area contributed by atoms with E-state index in [0.29, 0.717) is 28.5 Å². The molecule has 0 bridgehead atoms. The van der Waals surface area contributed by atoms with Crippen LogP contribution in [0.15, 0.2) is 36.5 Å². The lowest BCUT2D eigenvalue weighted by molar-refractivity contribution is 0.0526. The number of ether oxygens (including phenoxy) is 1. The van der Waals surface area contributed by atoms with Crippen LogP contribution in [0.1, 0.15) is 33.3 Å². The normalized spacial score (nSPS) is 10.3. The molecule has 1 aromatic heterocycles. The Morgan fingerprint density at radius 1 is 1.20 bits per heavy atom. The molecule has 0 atom stereocenters. The number of carbonyl (C=O) groups excluding carboxylic acids is 2. The summed E-state index contributed by atoms with van der Waals surface area (Å²) in [6, 6.07) is 8.16. The van der Waals surface area contributed by atoms with Crippen LogP contribution < -0.4 is 0 Å². The highest BCUT2D eigenvalue weighted by Gasteiger charge is 2.17. The topological polar surface area (TPSA) is 48.3 Å². The third-order valence-electron chi connectivity index (χ3n) is 2.86. The fourth-order valence-electron chi connectivity index (χ4n) is 1.87. The first-order valence-corrected chi connectivity index (χ1v) is 6.54. The van der Waals surface area contributed by atoms with E-state index in [1.54, 1.807) is 49.0 Å². The van der Waals surface area contributed by atoms with Crippen molar-refractivity contribution in [1.29, 1.82) is 0 Å². The fraction of sp³-hybridized carbons (Fsp3) is 0.200. The number of esters is 1. The van der Waals surface area contributed by atoms with Crippen molar-refractivity contribution in [2.45, 2.75) is 6.92 Å². The molecule has 0 fully saturated rings. The number of nitrogens with zero attached hydrogens (tertiary/aromatic N) is 1. The summed E-state index contributed by atoms with van der Waals surface area (Å²) in [6.07, 6.45) is 1.58. The lowest BCUT2D eigenvalue weighted by atomic mass is 10.1. The zero-order chi connectivity index (χ0) is 14.7. The fourth-order valence-corrected chi connectivity index (χ4v) is 1.99. The van der Waals surface area contributed by atoms with Crippen LogP contribution in [0.5, 0.6) is 0 Å². The Kier molecular flexibility index (Phi) is 4.25. The van der Waals surface area contributed by atoms with E-state index in [2.05, 4.69) is 0 Å². The summed E-state index contributed by atoms with van der Waals surface area (Å²) < 4.78 is 6.53. The highest BCUT2D eigenvalue weighted by atomic mass is 35.5. The van der Waals surface area contributed by atoms with Gasteiger partial charge >= 0.3 is 5.97 Å². The quantitative estimate of drug-likeness (QED) is 0.642. The van der Waals surface area contributed by atoms with Crippen LogP contribution >= 0.6 is 11.6 Å². The lowest BCUT2D eigenvalue weighted by Gasteiger charge is -2.02. The van der Waals surface area contributed by atoms with Crippen LogP contribution in [0.25, 0.3) is 0 Å². The predicted molar refractivity (Wildman–Crippen MR) is 76.3 cm³/mol. The number of hydrogen-bond donors (Lipinski definition) is 0. The van der Waals surface area contributed by atoms with Gasteiger partial charge in [0.15, 0.2) is 0 Å². The second kappa shape index (κ2) is 5.92. The van der Waals surface area contributed by atoms with E-state index < -0.39 is 5.97 Å². The minimum atomic E-state index is -0.432. The van der Waals surface area contributed by atoms with Crippen LogP contribution in [-0.2, 0) is 11.8 Å². The largest absolute Gasteiger partial charge is 0.462 e. The van der Waals surface area contributed by atoms with Crippen molar-refractivity contribution >= 4 is 23.4 Å². The molecule has 2 aromatic rings. The van der Waals surface area contributed by atoms with Gasteiger partial charge in [-0.25, -0.2) is 4.79 Å². The molecular weight excluding hydrogens is 278 g/mol. The molecule has 4 nitrogen and oxygen atoms in total. The molecule has 0 aliphatic heterocycles. The monoisotopic (exact) mass is 291 g/mol.